The fourth-order valence-electron chi connectivity index (χ4n) is 6.23. The molecule has 0 aliphatic rings. The number of benzene rings is 6. The summed E-state index contributed by atoms with van der Waals surface area (Å²) in [5.74, 6) is 0.192. The highest BCUT2D eigenvalue weighted by Gasteiger charge is 2.14. The van der Waals surface area contributed by atoms with Gasteiger partial charge in [-0.1, -0.05) is 169 Å². The first kappa shape index (κ1) is 46.3. The molecule has 0 fully saturated rings. The van der Waals surface area contributed by atoms with Crippen LogP contribution < -0.4 is 0 Å². The molecule has 0 aliphatic heterocycles. The first-order valence-corrected chi connectivity index (χ1v) is 20.4. The van der Waals surface area contributed by atoms with E-state index in [0.29, 0.717) is 28.6 Å². The number of halogens is 2. The van der Waals surface area contributed by atoms with E-state index in [1.807, 2.05) is 147 Å². The van der Waals surface area contributed by atoms with Gasteiger partial charge in [0.05, 0.1) is 6.67 Å². The van der Waals surface area contributed by atoms with Gasteiger partial charge in [-0.15, -0.1) is 0 Å². The van der Waals surface area contributed by atoms with Crippen molar-refractivity contribution >= 4 is 58.1 Å². The summed E-state index contributed by atoms with van der Waals surface area (Å²) in [7, 11) is 8.35. The zero-order valence-electron chi connectivity index (χ0n) is 34.8. The molecule has 0 N–H and O–H groups in total. The Morgan fingerprint density at radius 1 is 0.492 bits per heavy atom. The molecule has 0 amide bonds. The SMILES string of the molecule is CC(=O)/C(=C/c1ccc(Cl)cc1)c1ccccc1.CN(C)CN(C)Cc1ccccc1.CN(CCC(=O)/C(=C/c1ccc(Cl)cc1)c1ccccc1)Cc1ccccc1. The highest BCUT2D eigenvalue weighted by molar-refractivity contribution is 6.31. The average Bonchev–Trinajstić information content (AvgIpc) is 3.24. The standard InChI is InChI=1S/C25H24ClNO.C16H13ClO.C11H18N2/c1-27(19-21-8-4-2-5-9-21)17-16-25(28)24(22-10-6-3-7-11-22)18-20-12-14-23(26)15-13-20;1-12(18)16(14-5-3-2-4-6-14)11-13-7-9-15(17)10-8-13;1-12(2)10-13(3)9-11-7-5-4-6-8-11/h2-15,18H,16-17,19H2,1H3;2-11H,1H3;4-8H,9-10H2,1-3H3/b24-18+;16-11-;. The quantitative estimate of drug-likeness (QED) is 0.0586. The van der Waals surface area contributed by atoms with E-state index in [9.17, 15) is 9.59 Å². The van der Waals surface area contributed by atoms with E-state index in [-0.39, 0.29) is 11.6 Å². The summed E-state index contributed by atoms with van der Waals surface area (Å²) in [6.07, 6.45) is 4.30. The molecule has 5 nitrogen and oxygen atoms in total. The van der Waals surface area contributed by atoms with Gasteiger partial charge in [-0.25, -0.2) is 0 Å². The number of carbonyl (C=O) groups excluding carboxylic acids is 2. The Balaban J connectivity index is 0.000000213. The van der Waals surface area contributed by atoms with Crippen molar-refractivity contribution in [1.29, 1.82) is 0 Å². The number of ketones is 2. The fraction of sp³-hybridized carbons (Fsp3) is 0.192. The van der Waals surface area contributed by atoms with Crippen LogP contribution in [0, 0.1) is 0 Å². The van der Waals surface area contributed by atoms with Gasteiger partial charge in [0, 0.05) is 47.2 Å². The predicted molar refractivity (Wildman–Crippen MR) is 251 cm³/mol. The Hall–Kier alpha value is -5.40. The zero-order chi connectivity index (χ0) is 42.4. The largest absolute Gasteiger partial charge is 0.302 e. The van der Waals surface area contributed by atoms with Gasteiger partial charge in [-0.3, -0.25) is 19.4 Å². The minimum atomic E-state index is 0.0520. The molecule has 59 heavy (non-hydrogen) atoms. The third-order valence-electron chi connectivity index (χ3n) is 9.05. The summed E-state index contributed by atoms with van der Waals surface area (Å²) in [4.78, 5) is 31.4. The second kappa shape index (κ2) is 25.2. The molecule has 0 heterocycles. The van der Waals surface area contributed by atoms with Gasteiger partial charge >= 0.3 is 0 Å². The number of hydrogen-bond donors (Lipinski definition) is 0. The van der Waals surface area contributed by atoms with Crippen molar-refractivity contribution < 1.29 is 9.59 Å². The van der Waals surface area contributed by atoms with Crippen molar-refractivity contribution in [3.8, 4) is 0 Å². The Kier molecular flexibility index (Phi) is 19.7. The van der Waals surface area contributed by atoms with Gasteiger partial charge in [0.1, 0.15) is 0 Å². The molecule has 0 saturated heterocycles. The normalized spacial score (nSPS) is 11.4. The lowest BCUT2D eigenvalue weighted by Gasteiger charge is -2.20. The fourth-order valence-corrected chi connectivity index (χ4v) is 6.48. The smallest absolute Gasteiger partial charge is 0.164 e. The van der Waals surface area contributed by atoms with E-state index in [1.54, 1.807) is 6.92 Å². The molecule has 6 aromatic rings. The first-order chi connectivity index (χ1) is 28.5. The minimum Gasteiger partial charge on any atom is -0.302 e. The van der Waals surface area contributed by atoms with Crippen molar-refractivity contribution in [2.24, 2.45) is 0 Å². The first-order valence-electron chi connectivity index (χ1n) is 19.7. The molecule has 0 aliphatic carbocycles. The van der Waals surface area contributed by atoms with Crippen molar-refractivity contribution in [2.75, 3.05) is 41.4 Å². The van der Waals surface area contributed by atoms with Crippen molar-refractivity contribution in [1.82, 2.24) is 14.7 Å². The van der Waals surface area contributed by atoms with Gasteiger partial charge in [0.2, 0.25) is 0 Å². The third kappa shape index (κ3) is 17.6. The summed E-state index contributed by atoms with van der Waals surface area (Å²) in [5, 5.41) is 1.38. The van der Waals surface area contributed by atoms with Crippen LogP contribution in [0.1, 0.15) is 46.7 Å². The molecule has 0 atom stereocenters. The van der Waals surface area contributed by atoms with Crippen LogP contribution in [-0.4, -0.2) is 67.7 Å². The second-order valence-corrected chi connectivity index (χ2v) is 15.5. The summed E-state index contributed by atoms with van der Waals surface area (Å²) < 4.78 is 0. The van der Waals surface area contributed by atoms with E-state index in [4.69, 9.17) is 23.2 Å². The number of hydrogen-bond acceptors (Lipinski definition) is 5. The maximum absolute atomic E-state index is 13.1. The van der Waals surface area contributed by atoms with Gasteiger partial charge in [0.25, 0.3) is 0 Å². The molecular weight excluding hydrogens is 769 g/mol. The summed E-state index contributed by atoms with van der Waals surface area (Å²) in [5.41, 5.74) is 7.86. The zero-order valence-corrected chi connectivity index (χ0v) is 36.3. The number of Topliss-reactive ketones (excluding diaryl/α,β-unsaturated/α-hetero) is 2. The molecule has 6 aromatic carbocycles. The Morgan fingerprint density at radius 2 is 0.864 bits per heavy atom. The molecule has 304 valence electrons. The van der Waals surface area contributed by atoms with Gasteiger partial charge in [-0.2, -0.15) is 0 Å². The molecule has 0 radical (unpaired) electrons. The van der Waals surface area contributed by atoms with E-state index in [2.05, 4.69) is 78.3 Å². The molecule has 0 saturated carbocycles. The molecule has 0 unspecified atom stereocenters. The Labute approximate surface area is 361 Å². The monoisotopic (exact) mass is 823 g/mol. The van der Waals surface area contributed by atoms with Crippen LogP contribution in [0.4, 0.5) is 0 Å². The van der Waals surface area contributed by atoms with Crippen LogP contribution in [0.3, 0.4) is 0 Å². The topological polar surface area (TPSA) is 43.9 Å². The van der Waals surface area contributed by atoms with Gasteiger partial charge < -0.3 is 4.90 Å². The van der Waals surface area contributed by atoms with E-state index in [1.165, 1.54) is 11.1 Å². The highest BCUT2D eigenvalue weighted by atomic mass is 35.5. The van der Waals surface area contributed by atoms with Crippen LogP contribution in [-0.2, 0) is 22.7 Å². The third-order valence-corrected chi connectivity index (χ3v) is 9.55. The second-order valence-electron chi connectivity index (χ2n) is 14.6. The predicted octanol–water partition coefficient (Wildman–Crippen LogP) is 12.1. The molecular formula is C52H55Cl2N3O2. The Morgan fingerprint density at radius 3 is 1.27 bits per heavy atom. The van der Waals surface area contributed by atoms with Crippen LogP contribution in [0.2, 0.25) is 10.0 Å². The Bertz CT molecular complexity index is 2190. The van der Waals surface area contributed by atoms with Gasteiger partial charge in [0.15, 0.2) is 11.6 Å². The summed E-state index contributed by atoms with van der Waals surface area (Å²) in [6, 6.07) is 55.3. The lowest BCUT2D eigenvalue weighted by Crippen LogP contribution is -2.29. The molecule has 0 aromatic heterocycles. The highest BCUT2D eigenvalue weighted by Crippen LogP contribution is 2.23. The molecule has 7 heteroatoms. The molecule has 6 rings (SSSR count). The number of allylic oxidation sites excluding steroid dienone is 2. The van der Waals surface area contributed by atoms with Crippen molar-refractivity contribution in [2.45, 2.75) is 26.4 Å². The van der Waals surface area contributed by atoms with E-state index in [0.717, 1.165) is 47.6 Å². The maximum atomic E-state index is 13.1. The van der Waals surface area contributed by atoms with Crippen LogP contribution in [0.25, 0.3) is 23.3 Å². The van der Waals surface area contributed by atoms with E-state index < -0.39 is 0 Å². The lowest BCUT2D eigenvalue weighted by atomic mass is 9.97. The van der Waals surface area contributed by atoms with Crippen LogP contribution in [0.5, 0.6) is 0 Å². The van der Waals surface area contributed by atoms with Crippen molar-refractivity contribution in [3.05, 3.63) is 213 Å². The summed E-state index contributed by atoms with van der Waals surface area (Å²) >= 11 is 11.8. The minimum absolute atomic E-state index is 0.0520. The number of carbonyl (C=O) groups is 2. The van der Waals surface area contributed by atoms with E-state index >= 15 is 0 Å². The van der Waals surface area contributed by atoms with Gasteiger partial charge in [-0.05, 0) is 105 Å². The lowest BCUT2D eigenvalue weighted by molar-refractivity contribution is -0.114. The van der Waals surface area contributed by atoms with Crippen LogP contribution in [0.15, 0.2) is 170 Å². The maximum Gasteiger partial charge on any atom is 0.164 e. The molecule has 0 bridgehead atoms. The number of nitrogens with zero attached hydrogens (tertiary/aromatic N) is 3. The molecule has 0 spiro atoms. The van der Waals surface area contributed by atoms with Crippen molar-refractivity contribution in [3.63, 3.8) is 0 Å². The van der Waals surface area contributed by atoms with Crippen LogP contribution >= 0.6 is 23.2 Å². The average molecular weight is 825 g/mol. The number of rotatable bonds is 15. The summed E-state index contributed by atoms with van der Waals surface area (Å²) in [6.45, 7) is 5.12.